The fraction of sp³-hybridized carbons (Fsp3) is 0.873. The number of hydrogen-bond donors (Lipinski definition) is 6. The van der Waals surface area contributed by atoms with Crippen molar-refractivity contribution in [1.82, 2.24) is 5.32 Å². The van der Waals surface area contributed by atoms with Crippen molar-refractivity contribution < 1.29 is 39.8 Å². The lowest BCUT2D eigenvalue weighted by Crippen LogP contribution is -2.60. The van der Waals surface area contributed by atoms with Gasteiger partial charge >= 0.3 is 0 Å². The maximum Gasteiger partial charge on any atom is 0.220 e. The van der Waals surface area contributed by atoms with Crippen LogP contribution in [0.2, 0.25) is 0 Å². The predicted octanol–water partition coefficient (Wildman–Crippen LogP) is 12.8. The van der Waals surface area contributed by atoms with Gasteiger partial charge in [0.25, 0.3) is 0 Å². The molecule has 1 fully saturated rings. The molecule has 0 radical (unpaired) electrons. The maximum atomic E-state index is 13.0. The molecule has 0 aromatic heterocycles. The Balaban J connectivity index is 2.27. The van der Waals surface area contributed by atoms with E-state index in [1.165, 1.54) is 186 Å². The van der Waals surface area contributed by atoms with E-state index in [0.29, 0.717) is 6.42 Å². The number of aliphatic hydroxyl groups excluding tert-OH is 5. The predicted molar refractivity (Wildman–Crippen MR) is 267 cm³/mol. The molecule has 7 atom stereocenters. The number of rotatable bonds is 46. The van der Waals surface area contributed by atoms with Gasteiger partial charge in [0.2, 0.25) is 5.91 Å². The van der Waals surface area contributed by atoms with Crippen LogP contribution in [0.15, 0.2) is 36.5 Å². The molecule has 0 bridgehead atoms. The van der Waals surface area contributed by atoms with Crippen LogP contribution >= 0.6 is 0 Å². The molecule has 376 valence electrons. The van der Waals surface area contributed by atoms with Crippen molar-refractivity contribution in [3.05, 3.63) is 36.5 Å². The number of nitrogens with one attached hydrogen (secondary N) is 1. The van der Waals surface area contributed by atoms with Gasteiger partial charge in [-0.2, -0.15) is 0 Å². The first kappa shape index (κ1) is 60.4. The minimum Gasteiger partial charge on any atom is -0.394 e. The van der Waals surface area contributed by atoms with Gasteiger partial charge in [0, 0.05) is 6.42 Å². The molecule has 1 saturated heterocycles. The molecule has 1 amide bonds. The second-order valence-corrected chi connectivity index (χ2v) is 19.0. The Hall–Kier alpha value is -1.59. The molecular formula is C55H103NO8. The molecule has 0 aromatic carbocycles. The molecule has 64 heavy (non-hydrogen) atoms. The molecule has 1 rings (SSSR count). The number of allylic oxidation sites excluding steroid dienone is 5. The fourth-order valence-corrected chi connectivity index (χ4v) is 8.60. The Bertz CT molecular complexity index is 1100. The molecule has 6 N–H and O–H groups in total. The van der Waals surface area contributed by atoms with E-state index in [1.54, 1.807) is 6.08 Å². The molecule has 7 unspecified atom stereocenters. The first-order valence-electron chi connectivity index (χ1n) is 27.2. The van der Waals surface area contributed by atoms with Gasteiger partial charge in [-0.05, 0) is 51.4 Å². The highest BCUT2D eigenvalue weighted by Crippen LogP contribution is 2.23. The third-order valence-corrected chi connectivity index (χ3v) is 13.0. The maximum absolute atomic E-state index is 13.0. The van der Waals surface area contributed by atoms with Crippen molar-refractivity contribution >= 4 is 5.91 Å². The topological polar surface area (TPSA) is 149 Å². The summed E-state index contributed by atoms with van der Waals surface area (Å²) in [4.78, 5) is 13.0. The lowest BCUT2D eigenvalue weighted by atomic mass is 9.99. The Morgan fingerprint density at radius 2 is 0.922 bits per heavy atom. The number of unbranched alkanes of at least 4 members (excludes halogenated alkanes) is 32. The van der Waals surface area contributed by atoms with E-state index < -0.39 is 49.5 Å². The zero-order valence-corrected chi connectivity index (χ0v) is 41.5. The van der Waals surface area contributed by atoms with Crippen LogP contribution in [0.5, 0.6) is 0 Å². The van der Waals surface area contributed by atoms with E-state index in [-0.39, 0.29) is 12.5 Å². The smallest absolute Gasteiger partial charge is 0.220 e. The summed E-state index contributed by atoms with van der Waals surface area (Å²) in [5.41, 5.74) is 0. The summed E-state index contributed by atoms with van der Waals surface area (Å²) < 4.78 is 11.3. The van der Waals surface area contributed by atoms with E-state index in [4.69, 9.17) is 9.47 Å². The van der Waals surface area contributed by atoms with E-state index in [9.17, 15) is 30.3 Å². The minimum atomic E-state index is -1.57. The summed E-state index contributed by atoms with van der Waals surface area (Å²) >= 11 is 0. The lowest BCUT2D eigenvalue weighted by Gasteiger charge is -2.40. The third kappa shape index (κ3) is 34.7. The van der Waals surface area contributed by atoms with Gasteiger partial charge in [-0.25, -0.2) is 0 Å². The number of aliphatic hydroxyl groups is 5. The summed E-state index contributed by atoms with van der Waals surface area (Å²) in [6, 6.07) is -0.807. The van der Waals surface area contributed by atoms with Gasteiger partial charge in [-0.3, -0.25) is 4.79 Å². The highest BCUT2D eigenvalue weighted by Gasteiger charge is 2.44. The molecule has 9 nitrogen and oxygen atoms in total. The van der Waals surface area contributed by atoms with Crippen molar-refractivity contribution in [2.45, 2.75) is 294 Å². The molecule has 1 aliphatic rings. The van der Waals surface area contributed by atoms with Crippen molar-refractivity contribution in [3.8, 4) is 0 Å². The van der Waals surface area contributed by atoms with Gasteiger partial charge in [0.15, 0.2) is 6.29 Å². The van der Waals surface area contributed by atoms with Gasteiger partial charge in [-0.1, -0.05) is 230 Å². The second kappa shape index (κ2) is 45.2. The standard InChI is InChI=1S/C55H103NO8/c1-3-5-7-9-11-13-15-17-19-21-23-25-27-29-31-33-35-37-39-41-43-45-51(59)56-48(47-63-55-54(62)53(61)52(60)50(46-57)64-55)49(58)44-42-40-38-36-34-32-30-28-26-24-22-20-18-16-14-12-10-8-6-4-2/h15,17,21,23,42,44,48-50,52-55,57-58,60-62H,3-14,16,18-20,22,24-41,43,45-47H2,1-2H3,(H,56,59)/b17-15-,23-21-,44-42+. The summed E-state index contributed by atoms with van der Waals surface area (Å²) in [7, 11) is 0. The highest BCUT2D eigenvalue weighted by atomic mass is 16.7. The molecule has 1 aliphatic heterocycles. The monoisotopic (exact) mass is 906 g/mol. The number of hydrogen-bond acceptors (Lipinski definition) is 8. The molecule has 9 heteroatoms. The van der Waals surface area contributed by atoms with Crippen molar-refractivity contribution in [3.63, 3.8) is 0 Å². The zero-order chi connectivity index (χ0) is 46.6. The molecule has 0 saturated carbocycles. The zero-order valence-electron chi connectivity index (χ0n) is 41.5. The van der Waals surface area contributed by atoms with E-state index >= 15 is 0 Å². The van der Waals surface area contributed by atoms with Crippen LogP contribution in [0.1, 0.15) is 251 Å². The SMILES string of the molecule is CCCCCCC/C=C\C/C=C\CCCCCCCCCCCC(=O)NC(COC1OC(CO)C(O)C(O)C1O)C(O)/C=C/CCCCCCCCCCCCCCCCCCCC. The normalized spacial score (nSPS) is 20.3. The van der Waals surface area contributed by atoms with Crippen LogP contribution in [-0.2, 0) is 14.3 Å². The minimum absolute atomic E-state index is 0.179. The van der Waals surface area contributed by atoms with E-state index in [0.717, 1.165) is 44.9 Å². The molecule has 0 spiro atoms. The van der Waals surface area contributed by atoms with Crippen LogP contribution in [0.3, 0.4) is 0 Å². The lowest BCUT2D eigenvalue weighted by molar-refractivity contribution is -0.302. The fourth-order valence-electron chi connectivity index (χ4n) is 8.60. The average molecular weight is 906 g/mol. The Morgan fingerprint density at radius 3 is 1.34 bits per heavy atom. The summed E-state index contributed by atoms with van der Waals surface area (Å²) in [6.07, 6.45) is 50.5. The van der Waals surface area contributed by atoms with Crippen molar-refractivity contribution in [2.75, 3.05) is 13.2 Å². The van der Waals surface area contributed by atoms with Gasteiger partial charge < -0.3 is 40.3 Å². The molecule has 0 aromatic rings. The number of carbonyl (C=O) groups excluding carboxylic acids is 1. The number of amides is 1. The first-order valence-corrected chi connectivity index (χ1v) is 27.2. The summed E-state index contributed by atoms with van der Waals surface area (Å²) in [6.45, 7) is 3.79. The van der Waals surface area contributed by atoms with Crippen LogP contribution in [-0.4, -0.2) is 87.5 Å². The van der Waals surface area contributed by atoms with Crippen LogP contribution < -0.4 is 5.32 Å². The van der Waals surface area contributed by atoms with Crippen LogP contribution in [0.25, 0.3) is 0 Å². The Morgan fingerprint density at radius 1 is 0.531 bits per heavy atom. The molecule has 1 heterocycles. The number of ether oxygens (including phenoxy) is 2. The average Bonchev–Trinajstić information content (AvgIpc) is 3.29. The van der Waals surface area contributed by atoms with Gasteiger partial charge in [0.1, 0.15) is 24.4 Å². The molecule has 0 aliphatic carbocycles. The largest absolute Gasteiger partial charge is 0.394 e. The molecular weight excluding hydrogens is 803 g/mol. The highest BCUT2D eigenvalue weighted by molar-refractivity contribution is 5.76. The van der Waals surface area contributed by atoms with E-state index in [1.807, 2.05) is 6.08 Å². The second-order valence-electron chi connectivity index (χ2n) is 19.0. The Kier molecular flexibility index (Phi) is 42.7. The van der Waals surface area contributed by atoms with Crippen LogP contribution in [0.4, 0.5) is 0 Å². The Labute approximate surface area is 393 Å². The van der Waals surface area contributed by atoms with Crippen molar-refractivity contribution in [2.24, 2.45) is 0 Å². The van der Waals surface area contributed by atoms with E-state index in [2.05, 4.69) is 43.5 Å². The van der Waals surface area contributed by atoms with Crippen molar-refractivity contribution in [1.29, 1.82) is 0 Å². The van der Waals surface area contributed by atoms with Gasteiger partial charge in [-0.15, -0.1) is 0 Å². The number of carbonyl (C=O) groups is 1. The quantitative estimate of drug-likeness (QED) is 0.0261. The summed E-state index contributed by atoms with van der Waals surface area (Å²) in [5, 5.41) is 54.4. The summed E-state index contributed by atoms with van der Waals surface area (Å²) in [5.74, 6) is -0.179. The first-order chi connectivity index (χ1) is 31.3. The van der Waals surface area contributed by atoms with Gasteiger partial charge in [0.05, 0.1) is 25.4 Å². The van der Waals surface area contributed by atoms with Crippen LogP contribution in [0, 0.1) is 0 Å². The third-order valence-electron chi connectivity index (χ3n) is 13.0.